The van der Waals surface area contributed by atoms with Gasteiger partial charge in [-0.2, -0.15) is 0 Å². The van der Waals surface area contributed by atoms with Crippen LogP contribution in [0.5, 0.6) is 0 Å². The highest BCUT2D eigenvalue weighted by molar-refractivity contribution is 5.92. The minimum atomic E-state index is -0.568. The molecule has 7 nitrogen and oxygen atoms in total. The van der Waals surface area contributed by atoms with Crippen LogP contribution in [0.1, 0.15) is 19.8 Å². The first kappa shape index (κ1) is 18.8. The van der Waals surface area contributed by atoms with Gasteiger partial charge in [0.1, 0.15) is 6.04 Å². The average molecular weight is 346 g/mol. The van der Waals surface area contributed by atoms with E-state index >= 15 is 0 Å². The average Bonchev–Trinajstić information content (AvgIpc) is 2.61. The van der Waals surface area contributed by atoms with Gasteiger partial charge in [-0.1, -0.05) is 18.2 Å². The van der Waals surface area contributed by atoms with Crippen molar-refractivity contribution in [3.05, 3.63) is 30.3 Å². The van der Waals surface area contributed by atoms with Crippen molar-refractivity contribution in [3.63, 3.8) is 0 Å². The number of hydrogen-bond acceptors (Lipinski definition) is 3. The highest BCUT2D eigenvalue weighted by Gasteiger charge is 2.28. The van der Waals surface area contributed by atoms with E-state index in [1.54, 1.807) is 25.9 Å². The number of nitrogens with zero attached hydrogens (tertiary/aromatic N) is 2. The standard InChI is InChI=1S/C18H26N4O3/c1-13(17(24)21(2)3)19-18(25)22-11-9-14(10-12-22)16(23)20-15-7-5-4-6-8-15/h4-8,13-14H,9-12H2,1-3H3,(H,19,25)(H,20,23)/t13-/m0/s1. The number of carbonyl (C=O) groups excluding carboxylic acids is 3. The van der Waals surface area contributed by atoms with Gasteiger partial charge in [0.05, 0.1) is 0 Å². The predicted octanol–water partition coefficient (Wildman–Crippen LogP) is 1.52. The normalized spacial score (nSPS) is 16.0. The van der Waals surface area contributed by atoms with Gasteiger partial charge in [-0.05, 0) is 31.9 Å². The van der Waals surface area contributed by atoms with E-state index in [9.17, 15) is 14.4 Å². The first-order valence-corrected chi connectivity index (χ1v) is 8.51. The number of anilines is 1. The van der Waals surface area contributed by atoms with Gasteiger partial charge in [0.15, 0.2) is 0 Å². The van der Waals surface area contributed by atoms with Crippen molar-refractivity contribution in [1.82, 2.24) is 15.1 Å². The maximum absolute atomic E-state index is 12.3. The molecule has 0 bridgehead atoms. The molecule has 0 aliphatic carbocycles. The number of benzene rings is 1. The zero-order valence-electron chi connectivity index (χ0n) is 15.0. The van der Waals surface area contributed by atoms with Crippen molar-refractivity contribution in [2.45, 2.75) is 25.8 Å². The lowest BCUT2D eigenvalue weighted by Crippen LogP contribution is -2.51. The van der Waals surface area contributed by atoms with Crippen LogP contribution in [0.2, 0.25) is 0 Å². The molecule has 1 saturated heterocycles. The zero-order valence-corrected chi connectivity index (χ0v) is 15.0. The number of urea groups is 1. The van der Waals surface area contributed by atoms with Crippen LogP contribution >= 0.6 is 0 Å². The number of amides is 4. The van der Waals surface area contributed by atoms with Gasteiger partial charge in [0, 0.05) is 38.8 Å². The van der Waals surface area contributed by atoms with Crippen LogP contribution in [-0.2, 0) is 9.59 Å². The van der Waals surface area contributed by atoms with E-state index in [2.05, 4.69) is 10.6 Å². The Kier molecular flexibility index (Phi) is 6.38. The van der Waals surface area contributed by atoms with Crippen molar-refractivity contribution in [1.29, 1.82) is 0 Å². The highest BCUT2D eigenvalue weighted by atomic mass is 16.2. The molecule has 1 aromatic carbocycles. The number of piperidine rings is 1. The van der Waals surface area contributed by atoms with E-state index in [4.69, 9.17) is 0 Å². The molecule has 1 aromatic rings. The summed E-state index contributed by atoms with van der Waals surface area (Å²) in [5.74, 6) is -0.266. The van der Waals surface area contributed by atoms with Gasteiger partial charge in [0.25, 0.3) is 0 Å². The van der Waals surface area contributed by atoms with Crippen LogP contribution in [0, 0.1) is 5.92 Å². The lowest BCUT2D eigenvalue weighted by molar-refractivity contribution is -0.130. The van der Waals surface area contributed by atoms with Gasteiger partial charge in [-0.3, -0.25) is 9.59 Å². The number of likely N-dealkylation sites (tertiary alicyclic amines) is 1. The van der Waals surface area contributed by atoms with Crippen LogP contribution in [0.3, 0.4) is 0 Å². The summed E-state index contributed by atoms with van der Waals surface area (Å²) in [6.07, 6.45) is 1.23. The fraction of sp³-hybridized carbons (Fsp3) is 0.500. The molecule has 0 saturated carbocycles. The van der Waals surface area contributed by atoms with E-state index in [0.29, 0.717) is 25.9 Å². The van der Waals surface area contributed by atoms with Crippen LogP contribution in [0.15, 0.2) is 30.3 Å². The molecule has 1 aliphatic rings. The second kappa shape index (κ2) is 8.50. The Morgan fingerprint density at radius 2 is 1.72 bits per heavy atom. The van der Waals surface area contributed by atoms with Crippen molar-refractivity contribution in [2.75, 3.05) is 32.5 Å². The highest BCUT2D eigenvalue weighted by Crippen LogP contribution is 2.19. The number of nitrogens with one attached hydrogen (secondary N) is 2. The molecule has 1 aliphatic heterocycles. The van der Waals surface area contributed by atoms with Crippen molar-refractivity contribution >= 4 is 23.5 Å². The quantitative estimate of drug-likeness (QED) is 0.867. The molecular weight excluding hydrogens is 320 g/mol. The summed E-state index contributed by atoms with van der Waals surface area (Å²) in [5, 5.41) is 5.62. The minimum Gasteiger partial charge on any atom is -0.347 e. The fourth-order valence-corrected chi connectivity index (χ4v) is 2.84. The maximum atomic E-state index is 12.3. The van der Waals surface area contributed by atoms with E-state index in [0.717, 1.165) is 5.69 Å². The third-order valence-corrected chi connectivity index (χ3v) is 4.35. The molecule has 2 rings (SSSR count). The molecule has 0 spiro atoms. The van der Waals surface area contributed by atoms with Gasteiger partial charge >= 0.3 is 6.03 Å². The number of carbonyl (C=O) groups is 3. The van der Waals surface area contributed by atoms with E-state index in [1.165, 1.54) is 4.90 Å². The Morgan fingerprint density at radius 3 is 2.28 bits per heavy atom. The number of likely N-dealkylation sites (N-methyl/N-ethyl adjacent to an activating group) is 1. The SMILES string of the molecule is C[C@H](NC(=O)N1CCC(C(=O)Nc2ccccc2)CC1)C(=O)N(C)C. The zero-order chi connectivity index (χ0) is 18.4. The first-order valence-electron chi connectivity index (χ1n) is 8.51. The summed E-state index contributed by atoms with van der Waals surface area (Å²) in [7, 11) is 3.31. The summed E-state index contributed by atoms with van der Waals surface area (Å²) in [5.41, 5.74) is 0.781. The van der Waals surface area contributed by atoms with Gasteiger partial charge in [-0.15, -0.1) is 0 Å². The van der Waals surface area contributed by atoms with Crippen molar-refractivity contribution in [2.24, 2.45) is 5.92 Å². The maximum Gasteiger partial charge on any atom is 0.318 e. The van der Waals surface area contributed by atoms with E-state index in [-0.39, 0.29) is 23.8 Å². The lowest BCUT2D eigenvalue weighted by Gasteiger charge is -2.32. The summed E-state index contributed by atoms with van der Waals surface area (Å²) in [6.45, 7) is 2.67. The fourth-order valence-electron chi connectivity index (χ4n) is 2.84. The van der Waals surface area contributed by atoms with Crippen LogP contribution in [0.4, 0.5) is 10.5 Å². The molecule has 1 heterocycles. The molecule has 136 valence electrons. The molecule has 1 fully saturated rings. The van der Waals surface area contributed by atoms with Crippen molar-refractivity contribution < 1.29 is 14.4 Å². The second-order valence-corrected chi connectivity index (χ2v) is 6.52. The molecular formula is C18H26N4O3. The van der Waals surface area contributed by atoms with E-state index < -0.39 is 6.04 Å². The van der Waals surface area contributed by atoms with Crippen molar-refractivity contribution in [3.8, 4) is 0 Å². The predicted molar refractivity (Wildman–Crippen MR) is 96.1 cm³/mol. The summed E-state index contributed by atoms with van der Waals surface area (Å²) in [6, 6.07) is 8.52. The molecule has 0 radical (unpaired) electrons. The molecule has 25 heavy (non-hydrogen) atoms. The molecule has 4 amide bonds. The first-order chi connectivity index (χ1) is 11.9. The Balaban J connectivity index is 1.79. The third-order valence-electron chi connectivity index (χ3n) is 4.35. The Bertz CT molecular complexity index is 610. The van der Waals surface area contributed by atoms with Crippen LogP contribution in [-0.4, -0.2) is 60.9 Å². The van der Waals surface area contributed by atoms with Crippen LogP contribution in [0.25, 0.3) is 0 Å². The Hall–Kier alpha value is -2.57. The van der Waals surface area contributed by atoms with Gasteiger partial charge < -0.3 is 20.4 Å². The minimum absolute atomic E-state index is 0.0117. The summed E-state index contributed by atoms with van der Waals surface area (Å²) >= 11 is 0. The molecule has 1 atom stereocenters. The second-order valence-electron chi connectivity index (χ2n) is 6.52. The number of hydrogen-bond donors (Lipinski definition) is 2. The Morgan fingerprint density at radius 1 is 1.12 bits per heavy atom. The Labute approximate surface area is 148 Å². The molecule has 2 N–H and O–H groups in total. The summed E-state index contributed by atoms with van der Waals surface area (Å²) < 4.78 is 0. The van der Waals surface area contributed by atoms with Gasteiger partial charge in [-0.25, -0.2) is 4.79 Å². The van der Waals surface area contributed by atoms with Gasteiger partial charge in [0.2, 0.25) is 11.8 Å². The molecule has 7 heteroatoms. The van der Waals surface area contributed by atoms with Crippen LogP contribution < -0.4 is 10.6 Å². The lowest BCUT2D eigenvalue weighted by atomic mass is 9.96. The topological polar surface area (TPSA) is 81.8 Å². The number of para-hydroxylation sites is 1. The molecule has 0 aromatic heterocycles. The van der Waals surface area contributed by atoms with E-state index in [1.807, 2.05) is 30.3 Å². The molecule has 0 unspecified atom stereocenters. The smallest absolute Gasteiger partial charge is 0.318 e. The summed E-state index contributed by atoms with van der Waals surface area (Å²) in [4.78, 5) is 39.5. The third kappa shape index (κ3) is 5.20. The largest absolute Gasteiger partial charge is 0.347 e. The number of rotatable bonds is 4. The monoisotopic (exact) mass is 346 g/mol.